The minimum absolute atomic E-state index is 0.0965. The smallest absolute Gasteiger partial charge is 0.406 e. The van der Waals surface area contributed by atoms with Crippen molar-refractivity contribution >= 4 is 5.91 Å². The molecule has 0 bridgehead atoms. The fourth-order valence-corrected chi connectivity index (χ4v) is 1.32. The highest BCUT2D eigenvalue weighted by Gasteiger charge is 2.31. The van der Waals surface area contributed by atoms with E-state index in [0.29, 0.717) is 5.56 Å². The Hall–Kier alpha value is -1.76. The molecule has 0 heterocycles. The van der Waals surface area contributed by atoms with E-state index in [9.17, 15) is 18.0 Å². The summed E-state index contributed by atoms with van der Waals surface area (Å²) < 4.78 is 39.5. The van der Waals surface area contributed by atoms with Crippen LogP contribution >= 0.6 is 0 Å². The maximum atomic E-state index is 11.9. The summed E-state index contributed by atoms with van der Waals surface area (Å²) in [4.78, 5) is 11.0. The molecule has 0 radical (unpaired) electrons. The molecule has 17 heavy (non-hydrogen) atoms. The molecule has 1 aromatic rings. The first-order valence-corrected chi connectivity index (χ1v) is 4.63. The summed E-state index contributed by atoms with van der Waals surface area (Å²) in [6.07, 6.45) is -4.70. The molecule has 4 nitrogen and oxygen atoms in total. The van der Waals surface area contributed by atoms with Crippen molar-refractivity contribution in [3.8, 4) is 5.75 Å². The van der Waals surface area contributed by atoms with Crippen LogP contribution in [0, 0.1) is 0 Å². The highest BCUT2D eigenvalue weighted by molar-refractivity contribution is 5.94. The molecule has 0 aliphatic rings. The van der Waals surface area contributed by atoms with Crippen LogP contribution < -0.4 is 10.5 Å². The Morgan fingerprint density at radius 1 is 1.41 bits per heavy atom. The fraction of sp³-hybridized carbons (Fsp3) is 0.300. The van der Waals surface area contributed by atoms with Gasteiger partial charge in [0.1, 0.15) is 5.75 Å². The molecule has 0 saturated carbocycles. The molecule has 7 heteroatoms. The number of aliphatic hydroxyl groups is 1. The molecule has 0 spiro atoms. The molecule has 0 saturated heterocycles. The summed E-state index contributed by atoms with van der Waals surface area (Å²) in [6, 6.07) is 3.23. The van der Waals surface area contributed by atoms with Crippen molar-refractivity contribution in [3.63, 3.8) is 0 Å². The van der Waals surface area contributed by atoms with Crippen LogP contribution in [-0.4, -0.2) is 24.0 Å². The molecular weight excluding hydrogens is 239 g/mol. The number of hydrogen-bond donors (Lipinski definition) is 2. The number of rotatable bonds is 4. The summed E-state index contributed by atoms with van der Waals surface area (Å²) in [5.41, 5.74) is 5.29. The predicted molar refractivity (Wildman–Crippen MR) is 52.4 cm³/mol. The molecule has 0 aromatic heterocycles. The molecule has 0 aliphatic heterocycles. The Morgan fingerprint density at radius 3 is 2.53 bits per heavy atom. The van der Waals surface area contributed by atoms with Gasteiger partial charge in [-0.25, -0.2) is 0 Å². The van der Waals surface area contributed by atoms with Crippen LogP contribution in [0.2, 0.25) is 0 Å². The lowest BCUT2D eigenvalue weighted by Gasteiger charge is -2.11. The number of aliphatic hydroxyl groups excluding tert-OH is 1. The maximum absolute atomic E-state index is 11.9. The quantitative estimate of drug-likeness (QED) is 0.842. The monoisotopic (exact) mass is 249 g/mol. The Bertz CT molecular complexity index is 418. The normalized spacial score (nSPS) is 11.3. The molecule has 0 unspecified atom stereocenters. The van der Waals surface area contributed by atoms with E-state index >= 15 is 0 Å². The first-order chi connectivity index (χ1) is 7.83. The number of benzene rings is 1. The van der Waals surface area contributed by atoms with E-state index in [1.807, 2.05) is 0 Å². The summed E-state index contributed by atoms with van der Waals surface area (Å²) in [7, 11) is 0. The van der Waals surface area contributed by atoms with E-state index in [0.717, 1.165) is 12.1 Å². The van der Waals surface area contributed by atoms with Crippen molar-refractivity contribution in [1.82, 2.24) is 0 Å². The van der Waals surface area contributed by atoms with E-state index in [-0.39, 0.29) is 18.6 Å². The minimum atomic E-state index is -4.83. The molecule has 0 aliphatic carbocycles. The predicted octanol–water partition coefficient (Wildman–Crippen LogP) is 1.22. The third-order valence-corrected chi connectivity index (χ3v) is 1.96. The number of primary amides is 1. The second-order valence-electron chi connectivity index (χ2n) is 3.20. The Labute approximate surface area is 94.8 Å². The number of alkyl halides is 3. The van der Waals surface area contributed by atoms with E-state index in [1.165, 1.54) is 6.07 Å². The number of ether oxygens (including phenoxy) is 1. The van der Waals surface area contributed by atoms with Gasteiger partial charge in [0.2, 0.25) is 5.91 Å². The van der Waals surface area contributed by atoms with Crippen LogP contribution in [0.3, 0.4) is 0 Å². The van der Waals surface area contributed by atoms with Crippen molar-refractivity contribution in [2.45, 2.75) is 12.8 Å². The molecule has 1 aromatic carbocycles. The molecule has 1 rings (SSSR count). The average molecular weight is 249 g/mol. The van der Waals surface area contributed by atoms with Gasteiger partial charge in [-0.1, -0.05) is 6.07 Å². The largest absolute Gasteiger partial charge is 0.573 e. The number of halogens is 3. The van der Waals surface area contributed by atoms with E-state index in [4.69, 9.17) is 10.8 Å². The first-order valence-electron chi connectivity index (χ1n) is 4.63. The lowest BCUT2D eigenvalue weighted by atomic mass is 10.0. The zero-order valence-corrected chi connectivity index (χ0v) is 8.62. The van der Waals surface area contributed by atoms with Gasteiger partial charge in [-0.2, -0.15) is 0 Å². The molecular formula is C10H10F3NO3. The van der Waals surface area contributed by atoms with Crippen molar-refractivity contribution in [1.29, 1.82) is 0 Å². The van der Waals surface area contributed by atoms with Gasteiger partial charge in [0, 0.05) is 12.2 Å². The van der Waals surface area contributed by atoms with Gasteiger partial charge in [0.05, 0.1) is 0 Å². The van der Waals surface area contributed by atoms with Crippen LogP contribution in [0.15, 0.2) is 18.2 Å². The Balaban J connectivity index is 3.05. The standard InChI is InChI=1S/C10H10F3NO3/c11-10(12,13)17-7-2-1-6(3-4-15)8(5-7)9(14)16/h1-2,5,15H,3-4H2,(H2,14,16). The lowest BCUT2D eigenvalue weighted by molar-refractivity contribution is -0.274. The lowest BCUT2D eigenvalue weighted by Crippen LogP contribution is -2.19. The van der Waals surface area contributed by atoms with Crippen molar-refractivity contribution in [2.75, 3.05) is 6.61 Å². The average Bonchev–Trinajstić information content (AvgIpc) is 2.18. The van der Waals surface area contributed by atoms with E-state index < -0.39 is 18.0 Å². The van der Waals surface area contributed by atoms with Crippen molar-refractivity contribution in [2.24, 2.45) is 5.73 Å². The number of hydrogen-bond acceptors (Lipinski definition) is 3. The maximum Gasteiger partial charge on any atom is 0.573 e. The van der Waals surface area contributed by atoms with Crippen LogP contribution in [0.25, 0.3) is 0 Å². The van der Waals surface area contributed by atoms with E-state index in [1.54, 1.807) is 0 Å². The Kier molecular flexibility index (Phi) is 3.95. The zero-order valence-electron chi connectivity index (χ0n) is 8.62. The summed E-state index contributed by atoms with van der Waals surface area (Å²) >= 11 is 0. The number of carbonyl (C=O) groups is 1. The van der Waals surface area contributed by atoms with Crippen LogP contribution in [0.1, 0.15) is 15.9 Å². The molecule has 0 atom stereocenters. The topological polar surface area (TPSA) is 72.6 Å². The molecule has 1 amide bonds. The molecule has 94 valence electrons. The van der Waals surface area contributed by atoms with Gasteiger partial charge in [-0.15, -0.1) is 13.2 Å². The molecule has 0 fully saturated rings. The molecule has 3 N–H and O–H groups in total. The second kappa shape index (κ2) is 5.05. The van der Waals surface area contributed by atoms with Crippen LogP contribution in [0.4, 0.5) is 13.2 Å². The van der Waals surface area contributed by atoms with Gasteiger partial charge in [0.25, 0.3) is 0 Å². The second-order valence-corrected chi connectivity index (χ2v) is 3.20. The highest BCUT2D eigenvalue weighted by atomic mass is 19.4. The van der Waals surface area contributed by atoms with E-state index in [2.05, 4.69) is 4.74 Å². The fourth-order valence-electron chi connectivity index (χ4n) is 1.32. The van der Waals surface area contributed by atoms with Gasteiger partial charge in [-0.05, 0) is 24.1 Å². The summed E-state index contributed by atoms with van der Waals surface area (Å²) in [6.45, 7) is -0.236. The number of amides is 1. The number of nitrogens with two attached hydrogens (primary N) is 1. The number of carbonyl (C=O) groups excluding carboxylic acids is 1. The highest BCUT2D eigenvalue weighted by Crippen LogP contribution is 2.25. The van der Waals surface area contributed by atoms with Crippen molar-refractivity contribution < 1.29 is 27.8 Å². The summed E-state index contributed by atoms with van der Waals surface area (Å²) in [5, 5.41) is 8.72. The van der Waals surface area contributed by atoms with Gasteiger partial charge in [-0.3, -0.25) is 4.79 Å². The third-order valence-electron chi connectivity index (χ3n) is 1.96. The SMILES string of the molecule is NC(=O)c1cc(OC(F)(F)F)ccc1CCO. The summed E-state index contributed by atoms with van der Waals surface area (Å²) in [5.74, 6) is -1.39. The third kappa shape index (κ3) is 3.95. The van der Waals surface area contributed by atoms with Gasteiger partial charge < -0.3 is 15.6 Å². The van der Waals surface area contributed by atoms with Crippen LogP contribution in [0.5, 0.6) is 5.75 Å². The van der Waals surface area contributed by atoms with Crippen LogP contribution in [-0.2, 0) is 6.42 Å². The van der Waals surface area contributed by atoms with Gasteiger partial charge in [0.15, 0.2) is 0 Å². The van der Waals surface area contributed by atoms with Crippen molar-refractivity contribution in [3.05, 3.63) is 29.3 Å². The van der Waals surface area contributed by atoms with Gasteiger partial charge >= 0.3 is 6.36 Å². The first kappa shape index (κ1) is 13.3. The minimum Gasteiger partial charge on any atom is -0.406 e. The zero-order chi connectivity index (χ0) is 13.1. The Morgan fingerprint density at radius 2 is 2.06 bits per heavy atom.